The highest BCUT2D eigenvalue weighted by molar-refractivity contribution is 5.76. The van der Waals surface area contributed by atoms with E-state index < -0.39 is 49.5 Å². The highest BCUT2D eigenvalue weighted by Gasteiger charge is 2.44. The molecule has 9 heteroatoms. The molecule has 2 unspecified atom stereocenters. The van der Waals surface area contributed by atoms with E-state index in [0.29, 0.717) is 12.8 Å². The van der Waals surface area contributed by atoms with Gasteiger partial charge in [0.2, 0.25) is 5.91 Å². The molecule has 1 amide bonds. The van der Waals surface area contributed by atoms with Gasteiger partial charge in [0, 0.05) is 6.42 Å². The summed E-state index contributed by atoms with van der Waals surface area (Å²) in [5, 5.41) is 54.1. The van der Waals surface area contributed by atoms with Crippen LogP contribution in [0.5, 0.6) is 0 Å². The summed E-state index contributed by atoms with van der Waals surface area (Å²) in [6.45, 7) is 3.82. The second-order valence-electron chi connectivity index (χ2n) is 16.2. The first-order valence-electron chi connectivity index (χ1n) is 22.7. The zero-order valence-electron chi connectivity index (χ0n) is 34.5. The van der Waals surface area contributed by atoms with Crippen LogP contribution in [0.1, 0.15) is 219 Å². The summed E-state index contributed by atoms with van der Waals surface area (Å²) in [5.41, 5.74) is 0. The molecule has 1 heterocycles. The van der Waals surface area contributed by atoms with Gasteiger partial charge >= 0.3 is 0 Å². The fraction of sp³-hybridized carbons (Fsp3) is 0.977. The van der Waals surface area contributed by atoms with Gasteiger partial charge < -0.3 is 40.3 Å². The first-order chi connectivity index (χ1) is 25.8. The molecule has 1 saturated heterocycles. The van der Waals surface area contributed by atoms with Gasteiger partial charge in [-0.15, -0.1) is 0 Å². The SMILES string of the molecule is CCCCCCCCCCCCCCCCCCCCCCCC(=O)N[C@@H](CO[C@H]1O[C@@H](CO)[C@H](O)C(O)C1O)[C@H](O)CCCCCCCCCCC. The molecule has 0 bridgehead atoms. The third kappa shape index (κ3) is 26.6. The third-order valence-electron chi connectivity index (χ3n) is 11.2. The van der Waals surface area contributed by atoms with Crippen LogP contribution in [0.25, 0.3) is 0 Å². The predicted molar refractivity (Wildman–Crippen MR) is 217 cm³/mol. The number of nitrogens with one attached hydrogen (secondary N) is 1. The van der Waals surface area contributed by atoms with E-state index in [1.54, 1.807) is 0 Å². The predicted octanol–water partition coefficient (Wildman–Crippen LogP) is 9.17. The van der Waals surface area contributed by atoms with Gasteiger partial charge in [-0.05, 0) is 12.8 Å². The maximum Gasteiger partial charge on any atom is 0.220 e. The van der Waals surface area contributed by atoms with Crippen LogP contribution in [0, 0.1) is 0 Å². The van der Waals surface area contributed by atoms with Gasteiger partial charge in [0.15, 0.2) is 6.29 Å². The normalized spacial score (nSPS) is 21.5. The molecule has 0 radical (unpaired) electrons. The number of aliphatic hydroxyl groups excluding tert-OH is 5. The molecule has 1 aliphatic rings. The molecule has 1 aliphatic heterocycles. The van der Waals surface area contributed by atoms with Crippen molar-refractivity contribution < 1.29 is 39.8 Å². The van der Waals surface area contributed by atoms with Gasteiger partial charge in [-0.25, -0.2) is 0 Å². The number of hydrogen-bond acceptors (Lipinski definition) is 8. The Bertz CT molecular complexity index is 801. The lowest BCUT2D eigenvalue weighted by molar-refractivity contribution is -0.302. The van der Waals surface area contributed by atoms with Gasteiger partial charge in [0.25, 0.3) is 0 Å². The molecular formula is C44H87NO8. The minimum Gasteiger partial charge on any atom is -0.394 e. The minimum absolute atomic E-state index is 0.133. The zero-order chi connectivity index (χ0) is 38.8. The van der Waals surface area contributed by atoms with Crippen molar-refractivity contribution in [3.05, 3.63) is 0 Å². The summed E-state index contributed by atoms with van der Waals surface area (Å²) in [6, 6.07) is -0.709. The molecule has 53 heavy (non-hydrogen) atoms. The third-order valence-corrected chi connectivity index (χ3v) is 11.2. The molecule has 6 N–H and O–H groups in total. The Morgan fingerprint density at radius 1 is 0.566 bits per heavy atom. The Hall–Kier alpha value is -0.810. The molecule has 0 aromatic heterocycles. The average molecular weight is 758 g/mol. The quantitative estimate of drug-likeness (QED) is 0.0342. The van der Waals surface area contributed by atoms with Crippen molar-refractivity contribution in [3.8, 4) is 0 Å². The first kappa shape index (κ1) is 50.2. The monoisotopic (exact) mass is 758 g/mol. The molecule has 0 aromatic carbocycles. The number of unbranched alkanes of at least 4 members (excludes halogenated alkanes) is 28. The molecule has 0 aliphatic carbocycles. The zero-order valence-corrected chi connectivity index (χ0v) is 34.5. The van der Waals surface area contributed by atoms with E-state index in [2.05, 4.69) is 19.2 Å². The van der Waals surface area contributed by atoms with Gasteiger partial charge in [-0.1, -0.05) is 200 Å². The van der Waals surface area contributed by atoms with E-state index in [1.165, 1.54) is 154 Å². The Morgan fingerprint density at radius 3 is 1.34 bits per heavy atom. The van der Waals surface area contributed by atoms with Crippen molar-refractivity contribution in [1.29, 1.82) is 0 Å². The lowest BCUT2D eigenvalue weighted by Gasteiger charge is -2.40. The molecule has 7 atom stereocenters. The van der Waals surface area contributed by atoms with Crippen LogP contribution in [0.2, 0.25) is 0 Å². The van der Waals surface area contributed by atoms with Crippen molar-refractivity contribution in [2.75, 3.05) is 13.2 Å². The summed E-state index contributed by atoms with van der Waals surface area (Å²) < 4.78 is 11.2. The van der Waals surface area contributed by atoms with E-state index >= 15 is 0 Å². The van der Waals surface area contributed by atoms with Crippen LogP contribution in [0.3, 0.4) is 0 Å². The largest absolute Gasteiger partial charge is 0.394 e. The van der Waals surface area contributed by atoms with E-state index in [4.69, 9.17) is 9.47 Å². The number of carbonyl (C=O) groups excluding carboxylic acids is 1. The summed E-state index contributed by atoms with van der Waals surface area (Å²) in [7, 11) is 0. The lowest BCUT2D eigenvalue weighted by Crippen LogP contribution is -2.60. The van der Waals surface area contributed by atoms with Crippen molar-refractivity contribution in [3.63, 3.8) is 0 Å². The minimum atomic E-state index is -1.55. The van der Waals surface area contributed by atoms with E-state index in [-0.39, 0.29) is 12.5 Å². The number of carbonyl (C=O) groups is 1. The summed E-state index contributed by atoms with van der Waals surface area (Å²) in [5.74, 6) is -0.142. The van der Waals surface area contributed by atoms with Crippen LogP contribution < -0.4 is 5.32 Å². The van der Waals surface area contributed by atoms with Crippen LogP contribution in [0.15, 0.2) is 0 Å². The maximum absolute atomic E-state index is 12.9. The second-order valence-corrected chi connectivity index (χ2v) is 16.2. The van der Waals surface area contributed by atoms with Gasteiger partial charge in [0.1, 0.15) is 24.4 Å². The van der Waals surface area contributed by atoms with Crippen molar-refractivity contribution in [1.82, 2.24) is 5.32 Å². The second kappa shape index (κ2) is 35.6. The molecule has 9 nitrogen and oxygen atoms in total. The number of hydrogen-bond donors (Lipinski definition) is 6. The maximum atomic E-state index is 12.9. The molecule has 1 fully saturated rings. The average Bonchev–Trinajstić information content (AvgIpc) is 3.16. The number of aliphatic hydroxyl groups is 5. The van der Waals surface area contributed by atoms with Crippen molar-refractivity contribution in [2.24, 2.45) is 0 Å². The Kier molecular flexibility index (Phi) is 33.7. The number of ether oxygens (including phenoxy) is 2. The van der Waals surface area contributed by atoms with E-state index in [0.717, 1.165) is 38.5 Å². The fourth-order valence-electron chi connectivity index (χ4n) is 7.51. The molecule has 0 aromatic rings. The van der Waals surface area contributed by atoms with Gasteiger partial charge in [0.05, 0.1) is 25.4 Å². The van der Waals surface area contributed by atoms with E-state index in [9.17, 15) is 30.3 Å². The molecule has 1 rings (SSSR count). The molecule has 0 saturated carbocycles. The summed E-state index contributed by atoms with van der Waals surface area (Å²) in [6.07, 6.45) is 31.2. The van der Waals surface area contributed by atoms with E-state index in [1.807, 2.05) is 0 Å². The fourth-order valence-corrected chi connectivity index (χ4v) is 7.51. The van der Waals surface area contributed by atoms with Crippen molar-refractivity contribution in [2.45, 2.75) is 262 Å². The lowest BCUT2D eigenvalue weighted by atomic mass is 9.99. The molecule has 0 spiro atoms. The number of amides is 1. The molecular weight excluding hydrogens is 670 g/mol. The Balaban J connectivity index is 2.23. The van der Waals surface area contributed by atoms with Crippen LogP contribution in [-0.4, -0.2) is 87.5 Å². The smallest absolute Gasteiger partial charge is 0.220 e. The standard InChI is InChI=1S/C44H87NO8/c1-3-5-7-9-11-13-14-15-16-17-18-19-20-21-22-23-24-26-28-30-32-34-40(48)45-37(38(47)33-31-29-27-25-12-10-8-6-4-2)36-52-44-43(51)42(50)41(49)39(35-46)53-44/h37-39,41-44,46-47,49-51H,3-36H2,1-2H3,(H,45,48)/t37-,38+,39-,41-,42?,43?,44-/m0/s1. The van der Waals surface area contributed by atoms with Crippen molar-refractivity contribution >= 4 is 5.91 Å². The Morgan fingerprint density at radius 2 is 0.943 bits per heavy atom. The van der Waals surface area contributed by atoms with Crippen LogP contribution in [0.4, 0.5) is 0 Å². The molecule has 316 valence electrons. The number of rotatable bonds is 38. The highest BCUT2D eigenvalue weighted by atomic mass is 16.7. The van der Waals surface area contributed by atoms with Gasteiger partial charge in [-0.2, -0.15) is 0 Å². The van der Waals surface area contributed by atoms with Crippen LogP contribution in [-0.2, 0) is 14.3 Å². The topological polar surface area (TPSA) is 149 Å². The van der Waals surface area contributed by atoms with Crippen LogP contribution >= 0.6 is 0 Å². The van der Waals surface area contributed by atoms with Gasteiger partial charge in [-0.3, -0.25) is 4.79 Å². The Labute approximate surface area is 325 Å². The summed E-state index contributed by atoms with van der Waals surface area (Å²) >= 11 is 0. The highest BCUT2D eigenvalue weighted by Crippen LogP contribution is 2.23. The summed E-state index contributed by atoms with van der Waals surface area (Å²) in [4.78, 5) is 12.9. The first-order valence-corrected chi connectivity index (χ1v) is 22.7.